The van der Waals surface area contributed by atoms with Crippen molar-refractivity contribution in [1.29, 1.82) is 0 Å². The highest BCUT2D eigenvalue weighted by molar-refractivity contribution is 7.18. The number of halogens is 1. The van der Waals surface area contributed by atoms with Gasteiger partial charge in [0.1, 0.15) is 10.8 Å². The summed E-state index contributed by atoms with van der Waals surface area (Å²) in [4.78, 5) is 14.2. The largest absolute Gasteiger partial charge is 0.283 e. The predicted molar refractivity (Wildman–Crippen MR) is 93.8 cm³/mol. The maximum atomic E-state index is 13.0. The maximum Gasteiger partial charge on any atom is 0.260 e. The van der Waals surface area contributed by atoms with E-state index in [1.807, 2.05) is 38.1 Å². The van der Waals surface area contributed by atoms with Crippen LogP contribution < -0.4 is 4.90 Å². The van der Waals surface area contributed by atoms with Gasteiger partial charge in [-0.05, 0) is 38.1 Å². The van der Waals surface area contributed by atoms with E-state index < -0.39 is 0 Å². The van der Waals surface area contributed by atoms with Crippen LogP contribution in [0.2, 0.25) is 0 Å². The van der Waals surface area contributed by atoms with Crippen LogP contribution in [0.4, 0.5) is 9.52 Å². The minimum absolute atomic E-state index is 0.218. The highest BCUT2D eigenvalue weighted by atomic mass is 32.1. The third-order valence-electron chi connectivity index (χ3n) is 3.60. The Labute approximate surface area is 143 Å². The van der Waals surface area contributed by atoms with Crippen LogP contribution in [0, 0.1) is 12.7 Å². The van der Waals surface area contributed by atoms with Gasteiger partial charge >= 0.3 is 0 Å². The van der Waals surface area contributed by atoms with E-state index in [0.717, 1.165) is 10.6 Å². The van der Waals surface area contributed by atoms with E-state index in [1.165, 1.54) is 41.2 Å². The maximum absolute atomic E-state index is 13.0. The van der Waals surface area contributed by atoms with Crippen LogP contribution in [0.5, 0.6) is 0 Å². The smallest absolute Gasteiger partial charge is 0.260 e. The number of amides is 1. The molecule has 2 aromatic carbocycles. The number of anilines is 1. The number of hydrogen-bond acceptors (Lipinski definition) is 4. The summed E-state index contributed by atoms with van der Waals surface area (Å²) in [6.45, 7) is 4.35. The second-order valence-electron chi connectivity index (χ2n) is 5.31. The highest BCUT2D eigenvalue weighted by Crippen LogP contribution is 2.29. The van der Waals surface area contributed by atoms with Gasteiger partial charge in [0.15, 0.2) is 0 Å². The van der Waals surface area contributed by atoms with Gasteiger partial charge in [-0.2, -0.15) is 0 Å². The second kappa shape index (κ2) is 6.88. The lowest BCUT2D eigenvalue weighted by atomic mass is 10.2. The second-order valence-corrected chi connectivity index (χ2v) is 6.27. The summed E-state index contributed by atoms with van der Waals surface area (Å²) in [6, 6.07) is 13.5. The number of hydrogen-bond donors (Lipinski definition) is 0. The Balaban J connectivity index is 1.87. The molecule has 0 saturated heterocycles. The summed E-state index contributed by atoms with van der Waals surface area (Å²) in [7, 11) is 0. The van der Waals surface area contributed by atoms with E-state index in [0.29, 0.717) is 17.2 Å². The molecule has 0 radical (unpaired) electrons. The van der Waals surface area contributed by atoms with Crippen molar-refractivity contribution in [1.82, 2.24) is 10.2 Å². The fourth-order valence-electron chi connectivity index (χ4n) is 2.25. The zero-order valence-electron chi connectivity index (χ0n) is 13.4. The molecule has 0 atom stereocenters. The third-order valence-corrected chi connectivity index (χ3v) is 4.59. The van der Waals surface area contributed by atoms with Crippen LogP contribution in [-0.4, -0.2) is 22.6 Å². The highest BCUT2D eigenvalue weighted by Gasteiger charge is 2.20. The summed E-state index contributed by atoms with van der Waals surface area (Å²) in [5.41, 5.74) is 2.56. The minimum Gasteiger partial charge on any atom is -0.283 e. The van der Waals surface area contributed by atoms with E-state index in [9.17, 15) is 9.18 Å². The van der Waals surface area contributed by atoms with Crippen molar-refractivity contribution < 1.29 is 9.18 Å². The molecule has 4 nitrogen and oxygen atoms in total. The molecular weight excluding hydrogens is 325 g/mol. The normalized spacial score (nSPS) is 10.6. The van der Waals surface area contributed by atoms with E-state index in [1.54, 1.807) is 4.90 Å². The Hall–Kier alpha value is -2.60. The van der Waals surface area contributed by atoms with Crippen LogP contribution in [0.1, 0.15) is 22.8 Å². The van der Waals surface area contributed by atoms with E-state index >= 15 is 0 Å². The van der Waals surface area contributed by atoms with Crippen LogP contribution >= 0.6 is 11.3 Å². The lowest BCUT2D eigenvalue weighted by Crippen LogP contribution is -2.30. The molecule has 24 heavy (non-hydrogen) atoms. The first-order chi connectivity index (χ1) is 11.6. The fourth-order valence-corrected chi connectivity index (χ4v) is 3.16. The molecule has 0 N–H and O–H groups in total. The van der Waals surface area contributed by atoms with Crippen molar-refractivity contribution in [3.8, 4) is 10.6 Å². The van der Waals surface area contributed by atoms with Crippen molar-refractivity contribution in [3.05, 3.63) is 65.5 Å². The van der Waals surface area contributed by atoms with Crippen molar-refractivity contribution >= 4 is 22.4 Å². The first kappa shape index (κ1) is 16.3. The van der Waals surface area contributed by atoms with Gasteiger partial charge in [-0.15, -0.1) is 10.2 Å². The number of rotatable bonds is 4. The quantitative estimate of drug-likeness (QED) is 0.710. The molecular formula is C18H16FN3OS. The molecule has 1 heterocycles. The molecule has 0 aliphatic carbocycles. The molecule has 0 saturated carbocycles. The van der Waals surface area contributed by atoms with Gasteiger partial charge in [-0.1, -0.05) is 41.2 Å². The Morgan fingerprint density at radius 2 is 1.75 bits per heavy atom. The average Bonchev–Trinajstić information content (AvgIpc) is 3.06. The fraction of sp³-hybridized carbons (Fsp3) is 0.167. The number of carbonyl (C=O) groups is 1. The lowest BCUT2D eigenvalue weighted by Gasteiger charge is -2.16. The van der Waals surface area contributed by atoms with Crippen LogP contribution in [0.3, 0.4) is 0 Å². The van der Waals surface area contributed by atoms with Crippen molar-refractivity contribution in [2.75, 3.05) is 11.4 Å². The number of aromatic nitrogens is 2. The van der Waals surface area contributed by atoms with Gasteiger partial charge in [0.25, 0.3) is 5.91 Å². The Morgan fingerprint density at radius 3 is 2.38 bits per heavy atom. The van der Waals surface area contributed by atoms with Crippen LogP contribution in [0.25, 0.3) is 10.6 Å². The molecule has 0 unspecified atom stereocenters. The molecule has 0 spiro atoms. The minimum atomic E-state index is -0.368. The Morgan fingerprint density at radius 1 is 1.08 bits per heavy atom. The standard InChI is InChI=1S/C18H16FN3OS/c1-3-22(17(23)14-8-10-15(19)11-9-14)18-21-20-16(24-18)13-6-4-12(2)5-7-13/h4-11H,3H2,1-2H3. The molecule has 3 aromatic rings. The number of nitrogens with zero attached hydrogens (tertiary/aromatic N) is 3. The Bertz CT molecular complexity index is 843. The first-order valence-corrected chi connectivity index (χ1v) is 8.38. The summed E-state index contributed by atoms with van der Waals surface area (Å²) < 4.78 is 13.0. The summed E-state index contributed by atoms with van der Waals surface area (Å²) >= 11 is 1.36. The van der Waals surface area contributed by atoms with Gasteiger partial charge in [0.05, 0.1) is 0 Å². The topological polar surface area (TPSA) is 46.1 Å². The Kier molecular flexibility index (Phi) is 4.66. The number of carbonyl (C=O) groups excluding carboxylic acids is 1. The van der Waals surface area contributed by atoms with Gasteiger partial charge in [0.2, 0.25) is 5.13 Å². The molecule has 122 valence electrons. The van der Waals surface area contributed by atoms with E-state index in [-0.39, 0.29) is 11.7 Å². The summed E-state index contributed by atoms with van der Waals surface area (Å²) in [6.07, 6.45) is 0. The zero-order chi connectivity index (χ0) is 17.1. The molecule has 6 heteroatoms. The van der Waals surface area contributed by atoms with Crippen LogP contribution in [0.15, 0.2) is 48.5 Å². The van der Waals surface area contributed by atoms with Gasteiger partial charge in [-0.3, -0.25) is 9.69 Å². The third kappa shape index (κ3) is 3.33. The monoisotopic (exact) mass is 341 g/mol. The zero-order valence-corrected chi connectivity index (χ0v) is 14.2. The molecule has 3 rings (SSSR count). The number of benzene rings is 2. The SMILES string of the molecule is CCN(C(=O)c1ccc(F)cc1)c1nnc(-c2ccc(C)cc2)s1. The number of aryl methyl sites for hydroxylation is 1. The lowest BCUT2D eigenvalue weighted by molar-refractivity contribution is 0.0988. The van der Waals surface area contributed by atoms with Gasteiger partial charge in [-0.25, -0.2) is 4.39 Å². The molecule has 0 fully saturated rings. The average molecular weight is 341 g/mol. The first-order valence-electron chi connectivity index (χ1n) is 7.56. The summed E-state index contributed by atoms with van der Waals surface area (Å²) in [5, 5.41) is 9.63. The van der Waals surface area contributed by atoms with E-state index in [2.05, 4.69) is 10.2 Å². The molecule has 0 bridgehead atoms. The van der Waals surface area contributed by atoms with Crippen LogP contribution in [-0.2, 0) is 0 Å². The summed E-state index contributed by atoms with van der Waals surface area (Å²) in [5.74, 6) is -0.587. The molecule has 0 aliphatic rings. The van der Waals surface area contributed by atoms with Crippen molar-refractivity contribution in [2.45, 2.75) is 13.8 Å². The van der Waals surface area contributed by atoms with E-state index in [4.69, 9.17) is 0 Å². The molecule has 1 amide bonds. The molecule has 1 aromatic heterocycles. The predicted octanol–water partition coefficient (Wildman–Crippen LogP) is 4.32. The van der Waals surface area contributed by atoms with Crippen molar-refractivity contribution in [3.63, 3.8) is 0 Å². The van der Waals surface area contributed by atoms with Gasteiger partial charge < -0.3 is 0 Å². The van der Waals surface area contributed by atoms with Crippen molar-refractivity contribution in [2.24, 2.45) is 0 Å². The van der Waals surface area contributed by atoms with Gasteiger partial charge in [0, 0.05) is 17.7 Å². The molecule has 0 aliphatic heterocycles.